The predicted octanol–water partition coefficient (Wildman–Crippen LogP) is 7.69. The van der Waals surface area contributed by atoms with E-state index >= 15 is 0 Å². The molecule has 11 rings (SSSR count). The number of nitrogens with zero attached hydrogens (tertiary/aromatic N) is 5. The molecule has 0 spiro atoms. The average Bonchev–Trinajstić information content (AvgIpc) is 3.73. The van der Waals surface area contributed by atoms with Gasteiger partial charge in [0, 0.05) is 39.7 Å². The first-order valence-electron chi connectivity index (χ1n) is 17.6. The van der Waals surface area contributed by atoms with Crippen molar-refractivity contribution in [3.05, 3.63) is 176 Å². The van der Waals surface area contributed by atoms with Crippen LogP contribution in [0.4, 0.5) is 0 Å². The van der Waals surface area contributed by atoms with E-state index in [1.165, 1.54) is 26.3 Å². The highest BCUT2D eigenvalue weighted by atomic mass is 28.3. The SMILES string of the molecule is c1ccc(-c2nc(-n3c4ccccc4c4cnc5c6c(cnc5c43)-c3ccccc3[Si]6(c3ccccc3)c3ccccc3)nc3ccccc23)cc1. The molecular weight excluding hydrogens is 651 g/mol. The van der Waals surface area contributed by atoms with Gasteiger partial charge in [-0.05, 0) is 38.4 Å². The van der Waals surface area contributed by atoms with Crippen molar-refractivity contribution >= 4 is 72.6 Å². The molecule has 0 N–H and O–H groups in total. The van der Waals surface area contributed by atoms with Crippen molar-refractivity contribution in [3.63, 3.8) is 0 Å². The smallest absolute Gasteiger partial charge is 0.235 e. The zero-order valence-electron chi connectivity index (χ0n) is 28.0. The normalized spacial score (nSPS) is 13.2. The first-order chi connectivity index (χ1) is 25.8. The van der Waals surface area contributed by atoms with Crippen LogP contribution >= 0.6 is 0 Å². The molecule has 6 aromatic carbocycles. The quantitative estimate of drug-likeness (QED) is 0.179. The molecule has 0 atom stereocenters. The van der Waals surface area contributed by atoms with E-state index in [1.54, 1.807) is 0 Å². The van der Waals surface area contributed by atoms with E-state index in [1.807, 2.05) is 12.1 Å². The Kier molecular flexibility index (Phi) is 6.20. The van der Waals surface area contributed by atoms with E-state index in [-0.39, 0.29) is 0 Å². The van der Waals surface area contributed by atoms with Crippen molar-refractivity contribution in [1.82, 2.24) is 24.5 Å². The zero-order valence-corrected chi connectivity index (χ0v) is 29.0. The minimum absolute atomic E-state index is 0.608. The van der Waals surface area contributed by atoms with Gasteiger partial charge in [0.05, 0.1) is 27.8 Å². The molecule has 0 fully saturated rings. The molecule has 0 radical (unpaired) electrons. The van der Waals surface area contributed by atoms with Crippen molar-refractivity contribution < 1.29 is 0 Å². The van der Waals surface area contributed by atoms with Gasteiger partial charge >= 0.3 is 0 Å². The molecule has 52 heavy (non-hydrogen) atoms. The van der Waals surface area contributed by atoms with Crippen molar-refractivity contribution in [2.75, 3.05) is 0 Å². The summed E-state index contributed by atoms with van der Waals surface area (Å²) >= 11 is 0. The van der Waals surface area contributed by atoms with Gasteiger partial charge in [0.1, 0.15) is 5.52 Å². The molecule has 0 saturated carbocycles. The fourth-order valence-corrected chi connectivity index (χ4v) is 13.9. The molecule has 242 valence electrons. The lowest BCUT2D eigenvalue weighted by molar-refractivity contribution is 1.01. The Hall–Kier alpha value is -6.76. The number of benzene rings is 6. The number of para-hydroxylation sites is 2. The highest BCUT2D eigenvalue weighted by Gasteiger charge is 2.50. The van der Waals surface area contributed by atoms with Crippen LogP contribution in [0.2, 0.25) is 0 Å². The molecule has 0 aliphatic carbocycles. The molecule has 1 aliphatic heterocycles. The number of rotatable bonds is 4. The summed E-state index contributed by atoms with van der Waals surface area (Å²) in [4.78, 5) is 21.4. The molecule has 4 aromatic heterocycles. The number of pyridine rings is 2. The summed E-state index contributed by atoms with van der Waals surface area (Å²) in [6.07, 6.45) is 4.15. The summed E-state index contributed by atoms with van der Waals surface area (Å²) in [6, 6.07) is 58.2. The molecule has 5 heterocycles. The Bertz CT molecular complexity index is 2970. The average molecular weight is 680 g/mol. The van der Waals surface area contributed by atoms with Crippen LogP contribution in [0.25, 0.3) is 72.1 Å². The predicted molar refractivity (Wildman–Crippen MR) is 215 cm³/mol. The minimum Gasteiger partial charge on any atom is -0.276 e. The van der Waals surface area contributed by atoms with Crippen LogP contribution in [-0.4, -0.2) is 32.6 Å². The highest BCUT2D eigenvalue weighted by Crippen LogP contribution is 2.38. The maximum atomic E-state index is 5.40. The minimum atomic E-state index is -2.85. The molecule has 0 bridgehead atoms. The van der Waals surface area contributed by atoms with Crippen LogP contribution in [0, 0.1) is 0 Å². The number of hydrogen-bond acceptors (Lipinski definition) is 4. The molecule has 0 unspecified atom stereocenters. The van der Waals surface area contributed by atoms with Crippen LogP contribution in [0.1, 0.15) is 0 Å². The van der Waals surface area contributed by atoms with Crippen LogP contribution in [-0.2, 0) is 0 Å². The highest BCUT2D eigenvalue weighted by molar-refractivity contribution is 7.23. The standard InChI is InChI=1S/C46H29N5Si/c1-4-16-30(17-5-1)41-35-24-10-13-25-38(35)49-46(50-41)51-39-26-14-11-22-33(39)36-28-48-43-42(44(36)51)47-29-37-34-23-12-15-27-40(34)52(45(37)43,31-18-6-2-7-19-31)32-20-8-3-9-21-32/h1-29H. The fourth-order valence-electron chi connectivity index (χ4n) is 8.65. The Morgan fingerprint density at radius 3 is 1.85 bits per heavy atom. The van der Waals surface area contributed by atoms with Gasteiger partial charge in [-0.1, -0.05) is 152 Å². The first kappa shape index (κ1) is 29.0. The Labute approximate surface area is 300 Å². The van der Waals surface area contributed by atoms with Crippen LogP contribution in [0.3, 0.4) is 0 Å². The van der Waals surface area contributed by atoms with Crippen molar-refractivity contribution in [3.8, 4) is 28.3 Å². The summed E-state index contributed by atoms with van der Waals surface area (Å²) in [7, 11) is -2.85. The summed E-state index contributed by atoms with van der Waals surface area (Å²) in [6.45, 7) is 0. The monoisotopic (exact) mass is 679 g/mol. The lowest BCUT2D eigenvalue weighted by Crippen LogP contribution is -2.73. The Balaban J connectivity index is 1.31. The molecule has 10 aromatic rings. The summed E-state index contributed by atoms with van der Waals surface area (Å²) in [5, 5.41) is 8.42. The summed E-state index contributed by atoms with van der Waals surface area (Å²) < 4.78 is 2.21. The third-order valence-electron chi connectivity index (χ3n) is 10.8. The molecular formula is C46H29N5Si. The zero-order chi connectivity index (χ0) is 34.2. The van der Waals surface area contributed by atoms with Gasteiger partial charge in [-0.25, -0.2) is 9.97 Å². The topological polar surface area (TPSA) is 56.5 Å². The van der Waals surface area contributed by atoms with Gasteiger partial charge < -0.3 is 0 Å². The third kappa shape index (κ3) is 3.92. The lowest BCUT2D eigenvalue weighted by atomic mass is 10.1. The van der Waals surface area contributed by atoms with Crippen LogP contribution in [0.5, 0.6) is 0 Å². The second kappa shape index (κ2) is 11.1. The van der Waals surface area contributed by atoms with Gasteiger partial charge in [-0.3, -0.25) is 14.5 Å². The van der Waals surface area contributed by atoms with Gasteiger partial charge in [0.25, 0.3) is 0 Å². The summed E-state index contributed by atoms with van der Waals surface area (Å²) in [5.41, 5.74) is 8.98. The van der Waals surface area contributed by atoms with Crippen molar-refractivity contribution in [2.45, 2.75) is 0 Å². The Morgan fingerprint density at radius 1 is 0.462 bits per heavy atom. The molecule has 6 heteroatoms. The molecule has 5 nitrogen and oxygen atoms in total. The van der Waals surface area contributed by atoms with Gasteiger partial charge in [0.15, 0.2) is 8.07 Å². The molecule has 0 saturated heterocycles. The number of aromatic nitrogens is 5. The maximum absolute atomic E-state index is 5.40. The van der Waals surface area contributed by atoms with Crippen LogP contribution < -0.4 is 20.7 Å². The van der Waals surface area contributed by atoms with Crippen molar-refractivity contribution in [2.24, 2.45) is 0 Å². The lowest BCUT2D eigenvalue weighted by Gasteiger charge is -2.31. The van der Waals surface area contributed by atoms with E-state index in [4.69, 9.17) is 19.9 Å². The number of hydrogen-bond donors (Lipinski definition) is 0. The molecule has 0 amide bonds. The largest absolute Gasteiger partial charge is 0.276 e. The maximum Gasteiger partial charge on any atom is 0.235 e. The second-order valence-electron chi connectivity index (χ2n) is 13.4. The van der Waals surface area contributed by atoms with E-state index < -0.39 is 8.07 Å². The van der Waals surface area contributed by atoms with Crippen molar-refractivity contribution in [1.29, 1.82) is 0 Å². The summed E-state index contributed by atoms with van der Waals surface area (Å²) in [5.74, 6) is 0.608. The van der Waals surface area contributed by atoms with E-state index in [0.717, 1.165) is 60.6 Å². The van der Waals surface area contributed by atoms with Gasteiger partial charge in [-0.15, -0.1) is 0 Å². The third-order valence-corrected chi connectivity index (χ3v) is 15.7. The second-order valence-corrected chi connectivity index (χ2v) is 17.1. The fraction of sp³-hybridized carbons (Fsp3) is 0. The number of fused-ring (bicyclic) bond motifs is 10. The van der Waals surface area contributed by atoms with Crippen LogP contribution in [0.15, 0.2) is 176 Å². The van der Waals surface area contributed by atoms with Gasteiger partial charge in [0.2, 0.25) is 5.95 Å². The van der Waals surface area contributed by atoms with E-state index in [0.29, 0.717) is 5.95 Å². The van der Waals surface area contributed by atoms with E-state index in [9.17, 15) is 0 Å². The van der Waals surface area contributed by atoms with Gasteiger partial charge in [-0.2, -0.15) is 0 Å². The molecule has 1 aliphatic rings. The first-order valence-corrected chi connectivity index (χ1v) is 19.6. The Morgan fingerprint density at radius 2 is 1.08 bits per heavy atom. The van der Waals surface area contributed by atoms with E-state index in [2.05, 4.69) is 169 Å².